The second kappa shape index (κ2) is 7.06. The van der Waals surface area contributed by atoms with E-state index in [-0.39, 0.29) is 5.57 Å². The molecule has 0 atom stereocenters. The summed E-state index contributed by atoms with van der Waals surface area (Å²) < 4.78 is 2.26. The van der Waals surface area contributed by atoms with Crippen LogP contribution in [0.3, 0.4) is 0 Å². The van der Waals surface area contributed by atoms with E-state index in [0.717, 1.165) is 28.4 Å². The Morgan fingerprint density at radius 1 is 1.26 bits per heavy atom. The molecular weight excluding hydrogens is 356 g/mol. The molecule has 0 fully saturated rings. The van der Waals surface area contributed by atoms with E-state index in [1.165, 1.54) is 16.9 Å². The highest BCUT2D eigenvalue weighted by Crippen LogP contribution is 2.30. The number of fused-ring (bicyclic) bond motifs is 3. The number of hydrogen-bond donors (Lipinski definition) is 1. The number of carbonyl (C=O) groups is 1. The minimum Gasteiger partial charge on any atom is -0.341 e. The standard InChI is InChI=1S/C21H16N4OS/c1-2-25-18-6-4-3-5-16(18)17-12-14(7-8-19(17)25)11-15(13-22)20(26)24-21-23-9-10-27-21/h3-12H,2H2,1H3,(H,23,24,26)/b15-11+. The SMILES string of the molecule is CCn1c2ccccc2c2cc(/C=C(\C#N)C(=O)Nc3nccs3)ccc21. The van der Waals surface area contributed by atoms with Crippen molar-refractivity contribution in [3.63, 3.8) is 0 Å². The lowest BCUT2D eigenvalue weighted by molar-refractivity contribution is -0.112. The van der Waals surface area contributed by atoms with Crippen LogP contribution in [0, 0.1) is 11.3 Å². The summed E-state index contributed by atoms with van der Waals surface area (Å²) in [7, 11) is 0. The fourth-order valence-electron chi connectivity index (χ4n) is 3.27. The lowest BCUT2D eigenvalue weighted by Crippen LogP contribution is -2.13. The van der Waals surface area contributed by atoms with Crippen molar-refractivity contribution in [3.8, 4) is 6.07 Å². The number of amides is 1. The predicted octanol–water partition coefficient (Wildman–Crippen LogP) is 4.82. The normalized spacial score (nSPS) is 11.6. The van der Waals surface area contributed by atoms with Crippen molar-refractivity contribution in [2.75, 3.05) is 5.32 Å². The number of rotatable bonds is 4. The summed E-state index contributed by atoms with van der Waals surface area (Å²) in [6.45, 7) is 3.00. The van der Waals surface area contributed by atoms with Gasteiger partial charge in [-0.25, -0.2) is 4.98 Å². The van der Waals surface area contributed by atoms with Crippen LogP contribution in [0.5, 0.6) is 0 Å². The molecule has 0 bridgehead atoms. The molecule has 0 radical (unpaired) electrons. The third-order valence-corrected chi connectivity index (χ3v) is 5.13. The van der Waals surface area contributed by atoms with Gasteiger partial charge < -0.3 is 4.57 Å². The molecule has 1 amide bonds. The molecule has 2 heterocycles. The molecule has 0 saturated carbocycles. The third kappa shape index (κ3) is 3.09. The first-order valence-electron chi connectivity index (χ1n) is 8.55. The van der Waals surface area contributed by atoms with Crippen LogP contribution in [0.1, 0.15) is 12.5 Å². The molecule has 27 heavy (non-hydrogen) atoms. The number of aromatic nitrogens is 2. The highest BCUT2D eigenvalue weighted by molar-refractivity contribution is 7.13. The van der Waals surface area contributed by atoms with E-state index in [2.05, 4.69) is 33.9 Å². The van der Waals surface area contributed by atoms with Crippen molar-refractivity contribution in [1.29, 1.82) is 5.26 Å². The number of hydrogen-bond acceptors (Lipinski definition) is 4. The van der Waals surface area contributed by atoms with E-state index in [1.807, 2.05) is 36.4 Å². The topological polar surface area (TPSA) is 70.7 Å². The number of benzene rings is 2. The van der Waals surface area contributed by atoms with Crippen molar-refractivity contribution in [2.45, 2.75) is 13.5 Å². The predicted molar refractivity (Wildman–Crippen MR) is 109 cm³/mol. The zero-order chi connectivity index (χ0) is 18.8. The van der Waals surface area contributed by atoms with Crippen LogP contribution in [0.15, 0.2) is 59.6 Å². The molecule has 0 unspecified atom stereocenters. The van der Waals surface area contributed by atoms with Crippen LogP contribution in [-0.4, -0.2) is 15.5 Å². The molecule has 6 heteroatoms. The highest BCUT2D eigenvalue weighted by atomic mass is 32.1. The number of carbonyl (C=O) groups excluding carboxylic acids is 1. The lowest BCUT2D eigenvalue weighted by atomic mass is 10.1. The van der Waals surface area contributed by atoms with E-state index in [9.17, 15) is 10.1 Å². The van der Waals surface area contributed by atoms with E-state index in [0.29, 0.717) is 5.13 Å². The molecule has 4 rings (SSSR count). The zero-order valence-electron chi connectivity index (χ0n) is 14.6. The lowest BCUT2D eigenvalue weighted by Gasteiger charge is -2.03. The first-order valence-corrected chi connectivity index (χ1v) is 9.43. The molecule has 1 N–H and O–H groups in total. The third-order valence-electron chi connectivity index (χ3n) is 4.44. The molecule has 2 aromatic heterocycles. The van der Waals surface area contributed by atoms with Crippen molar-refractivity contribution in [2.24, 2.45) is 0 Å². The van der Waals surface area contributed by atoms with Gasteiger partial charge in [-0.2, -0.15) is 5.26 Å². The molecule has 2 aromatic carbocycles. The molecule has 5 nitrogen and oxygen atoms in total. The minimum absolute atomic E-state index is 0.0452. The molecule has 4 aromatic rings. The fourth-order valence-corrected chi connectivity index (χ4v) is 3.79. The average molecular weight is 372 g/mol. The average Bonchev–Trinajstić information content (AvgIpc) is 3.31. The van der Waals surface area contributed by atoms with Gasteiger partial charge in [0.2, 0.25) is 0 Å². The van der Waals surface area contributed by atoms with Crippen LogP contribution in [0.4, 0.5) is 5.13 Å². The van der Waals surface area contributed by atoms with Gasteiger partial charge in [-0.05, 0) is 36.8 Å². The number of nitriles is 1. The molecule has 0 aliphatic rings. The van der Waals surface area contributed by atoms with Gasteiger partial charge in [0.25, 0.3) is 5.91 Å². The Bertz CT molecular complexity index is 1210. The summed E-state index contributed by atoms with van der Waals surface area (Å²) >= 11 is 1.31. The van der Waals surface area contributed by atoms with Gasteiger partial charge in [-0.15, -0.1) is 11.3 Å². The van der Waals surface area contributed by atoms with E-state index in [1.54, 1.807) is 17.7 Å². The van der Waals surface area contributed by atoms with Crippen LogP contribution in [-0.2, 0) is 11.3 Å². The molecule has 132 valence electrons. The summed E-state index contributed by atoms with van der Waals surface area (Å²) in [6.07, 6.45) is 3.22. The quantitative estimate of drug-likeness (QED) is 0.412. The Balaban J connectivity index is 1.77. The van der Waals surface area contributed by atoms with Gasteiger partial charge in [0, 0.05) is 39.9 Å². The summed E-state index contributed by atoms with van der Waals surface area (Å²) in [4.78, 5) is 16.3. The van der Waals surface area contributed by atoms with E-state index < -0.39 is 5.91 Å². The van der Waals surface area contributed by atoms with E-state index in [4.69, 9.17) is 0 Å². The number of anilines is 1. The number of thiazole rings is 1. The molecule has 0 aliphatic heterocycles. The second-order valence-corrected chi connectivity index (χ2v) is 6.89. The van der Waals surface area contributed by atoms with Crippen molar-refractivity contribution in [3.05, 3.63) is 65.2 Å². The largest absolute Gasteiger partial charge is 0.341 e. The van der Waals surface area contributed by atoms with Gasteiger partial charge in [0.15, 0.2) is 5.13 Å². The summed E-state index contributed by atoms with van der Waals surface area (Å²) in [5.74, 6) is -0.455. The Morgan fingerprint density at radius 3 is 2.81 bits per heavy atom. The number of nitrogens with zero attached hydrogens (tertiary/aromatic N) is 3. The van der Waals surface area contributed by atoms with Crippen LogP contribution in [0.2, 0.25) is 0 Å². The van der Waals surface area contributed by atoms with Crippen LogP contribution >= 0.6 is 11.3 Å². The maximum atomic E-state index is 12.3. The smallest absolute Gasteiger partial charge is 0.268 e. The van der Waals surface area contributed by atoms with Gasteiger partial charge in [-0.3, -0.25) is 10.1 Å². The molecular formula is C21H16N4OS. The summed E-state index contributed by atoms with van der Waals surface area (Å²) in [6, 6.07) is 16.2. The van der Waals surface area contributed by atoms with Crippen molar-refractivity contribution < 1.29 is 4.79 Å². The molecule has 0 spiro atoms. The number of aryl methyl sites for hydroxylation is 1. The summed E-state index contributed by atoms with van der Waals surface area (Å²) in [5, 5.41) is 16.6. The van der Waals surface area contributed by atoms with Crippen molar-refractivity contribution in [1.82, 2.24) is 9.55 Å². The molecule has 0 saturated heterocycles. The van der Waals surface area contributed by atoms with Gasteiger partial charge in [-0.1, -0.05) is 24.3 Å². The van der Waals surface area contributed by atoms with Crippen molar-refractivity contribution >= 4 is 50.3 Å². The Labute approximate surface area is 160 Å². The van der Waals surface area contributed by atoms with Crippen LogP contribution < -0.4 is 5.32 Å². The monoisotopic (exact) mass is 372 g/mol. The maximum Gasteiger partial charge on any atom is 0.268 e. The van der Waals surface area contributed by atoms with Gasteiger partial charge >= 0.3 is 0 Å². The first kappa shape index (κ1) is 17.0. The Hall–Kier alpha value is -3.43. The Kier molecular flexibility index (Phi) is 4.45. The Morgan fingerprint density at radius 2 is 2.07 bits per heavy atom. The number of para-hydroxylation sites is 1. The molecule has 0 aliphatic carbocycles. The fraction of sp³-hybridized carbons (Fsp3) is 0.0952. The second-order valence-electron chi connectivity index (χ2n) is 6.00. The zero-order valence-corrected chi connectivity index (χ0v) is 15.5. The number of nitrogens with one attached hydrogen (secondary N) is 1. The highest BCUT2D eigenvalue weighted by Gasteiger charge is 2.13. The van der Waals surface area contributed by atoms with Gasteiger partial charge in [0.1, 0.15) is 11.6 Å². The summed E-state index contributed by atoms with van der Waals surface area (Å²) in [5.41, 5.74) is 3.18. The van der Waals surface area contributed by atoms with Crippen LogP contribution in [0.25, 0.3) is 27.9 Å². The maximum absolute atomic E-state index is 12.3. The first-order chi connectivity index (χ1) is 13.2. The minimum atomic E-state index is -0.455. The van der Waals surface area contributed by atoms with Gasteiger partial charge in [0.05, 0.1) is 0 Å². The van der Waals surface area contributed by atoms with E-state index >= 15 is 0 Å².